The number of carbonyl (C=O) groups is 2. The Bertz CT molecular complexity index is 795. The molecule has 0 aliphatic heterocycles. The van der Waals surface area contributed by atoms with E-state index >= 15 is 0 Å². The summed E-state index contributed by atoms with van der Waals surface area (Å²) in [7, 11) is 0. The quantitative estimate of drug-likeness (QED) is 0.752. The van der Waals surface area contributed by atoms with E-state index in [1.807, 2.05) is 0 Å². The van der Waals surface area contributed by atoms with Crippen LogP contribution in [-0.2, 0) is 4.79 Å². The highest BCUT2D eigenvalue weighted by atomic mass is 35.5. The number of benzene rings is 1. The lowest BCUT2D eigenvalue weighted by Crippen LogP contribution is -2.35. The fourth-order valence-electron chi connectivity index (χ4n) is 2.47. The highest BCUT2D eigenvalue weighted by Crippen LogP contribution is 2.36. The van der Waals surface area contributed by atoms with Crippen molar-refractivity contribution in [2.75, 3.05) is 13.1 Å². The van der Waals surface area contributed by atoms with Crippen LogP contribution in [0.25, 0.3) is 11.3 Å². The average Bonchev–Trinajstić information content (AvgIpc) is 3.35. The summed E-state index contributed by atoms with van der Waals surface area (Å²) in [5.74, 6) is 0.194. The minimum atomic E-state index is -0.356. The summed E-state index contributed by atoms with van der Waals surface area (Å²) >= 11 is 12.4. The van der Waals surface area contributed by atoms with Crippen LogP contribution in [0.1, 0.15) is 29.0 Å². The summed E-state index contributed by atoms with van der Waals surface area (Å²) in [6, 6.07) is 5.05. The average molecular weight is 382 g/mol. The van der Waals surface area contributed by atoms with Gasteiger partial charge in [-0.1, -0.05) is 34.4 Å². The zero-order valence-electron chi connectivity index (χ0n) is 13.6. The first kappa shape index (κ1) is 17.8. The Morgan fingerprint density at radius 3 is 2.48 bits per heavy atom. The first-order chi connectivity index (χ1) is 12.0. The highest BCUT2D eigenvalue weighted by Gasteiger charge is 2.29. The van der Waals surface area contributed by atoms with Gasteiger partial charge in [-0.25, -0.2) is 0 Å². The molecule has 1 aliphatic carbocycles. The number of nitrogens with zero attached hydrogens (tertiary/aromatic N) is 1. The van der Waals surface area contributed by atoms with E-state index in [2.05, 4.69) is 15.8 Å². The summed E-state index contributed by atoms with van der Waals surface area (Å²) in [6.07, 6.45) is 1.89. The summed E-state index contributed by atoms with van der Waals surface area (Å²) in [5.41, 5.74) is 1.03. The van der Waals surface area contributed by atoms with E-state index in [4.69, 9.17) is 27.7 Å². The number of carbonyl (C=O) groups excluding carboxylic acids is 2. The zero-order chi connectivity index (χ0) is 18.0. The molecule has 1 aromatic carbocycles. The van der Waals surface area contributed by atoms with Gasteiger partial charge in [-0.15, -0.1) is 0 Å². The molecular weight excluding hydrogens is 365 g/mol. The first-order valence-corrected chi connectivity index (χ1v) is 8.71. The van der Waals surface area contributed by atoms with Crippen LogP contribution in [-0.4, -0.2) is 30.1 Å². The maximum atomic E-state index is 12.5. The minimum Gasteiger partial charge on any atom is -0.360 e. The lowest BCUT2D eigenvalue weighted by atomic mass is 10.1. The number of hydrogen-bond donors (Lipinski definition) is 2. The van der Waals surface area contributed by atoms with Crippen molar-refractivity contribution in [3.8, 4) is 11.3 Å². The normalized spacial score (nSPS) is 13.6. The number of rotatable bonds is 6. The van der Waals surface area contributed by atoms with Crippen LogP contribution in [0.2, 0.25) is 10.0 Å². The van der Waals surface area contributed by atoms with Gasteiger partial charge in [0.15, 0.2) is 0 Å². The molecule has 3 rings (SSSR count). The van der Waals surface area contributed by atoms with E-state index in [-0.39, 0.29) is 23.3 Å². The van der Waals surface area contributed by atoms with Crippen molar-refractivity contribution < 1.29 is 14.1 Å². The van der Waals surface area contributed by atoms with Crippen molar-refractivity contribution in [3.63, 3.8) is 0 Å². The lowest BCUT2D eigenvalue weighted by molar-refractivity contribution is -0.122. The van der Waals surface area contributed by atoms with Crippen molar-refractivity contribution in [1.82, 2.24) is 15.8 Å². The predicted octanol–water partition coefficient (Wildman–Crippen LogP) is 3.21. The fraction of sp³-hybridized carbons (Fsp3) is 0.353. The molecule has 0 unspecified atom stereocenters. The number of amides is 2. The SMILES string of the molecule is Cc1onc(-c2c(Cl)cccc2Cl)c1C(=O)NCCNC(=O)C1CC1. The maximum Gasteiger partial charge on any atom is 0.257 e. The van der Waals surface area contributed by atoms with E-state index < -0.39 is 0 Å². The monoisotopic (exact) mass is 381 g/mol. The van der Waals surface area contributed by atoms with Crippen LogP contribution in [0, 0.1) is 12.8 Å². The Morgan fingerprint density at radius 1 is 1.20 bits per heavy atom. The standard InChI is InChI=1S/C17H17Cl2N3O3/c1-9-13(17(24)21-8-7-20-16(23)10-5-6-10)15(22-25-9)14-11(18)3-2-4-12(14)19/h2-4,10H,5-8H2,1H3,(H,20,23)(H,21,24). The van der Waals surface area contributed by atoms with Gasteiger partial charge in [-0.2, -0.15) is 0 Å². The first-order valence-electron chi connectivity index (χ1n) is 7.95. The van der Waals surface area contributed by atoms with Gasteiger partial charge in [0, 0.05) is 24.6 Å². The van der Waals surface area contributed by atoms with Crippen molar-refractivity contribution >= 4 is 35.0 Å². The van der Waals surface area contributed by atoms with Gasteiger partial charge in [0.2, 0.25) is 5.91 Å². The lowest BCUT2D eigenvalue weighted by Gasteiger charge is -2.08. The summed E-state index contributed by atoms with van der Waals surface area (Å²) < 4.78 is 5.17. The second kappa shape index (κ2) is 7.45. The smallest absolute Gasteiger partial charge is 0.257 e. The molecule has 2 aromatic rings. The Balaban J connectivity index is 1.70. The van der Waals surface area contributed by atoms with E-state index in [9.17, 15) is 9.59 Å². The molecule has 0 atom stereocenters. The van der Waals surface area contributed by atoms with Gasteiger partial charge in [-0.3, -0.25) is 9.59 Å². The van der Waals surface area contributed by atoms with E-state index in [1.54, 1.807) is 25.1 Å². The Morgan fingerprint density at radius 2 is 1.84 bits per heavy atom. The third-order valence-electron chi connectivity index (χ3n) is 3.95. The predicted molar refractivity (Wildman–Crippen MR) is 94.8 cm³/mol. The third kappa shape index (κ3) is 3.96. The largest absolute Gasteiger partial charge is 0.360 e. The molecule has 0 saturated heterocycles. The molecule has 1 saturated carbocycles. The van der Waals surface area contributed by atoms with Crippen molar-refractivity contribution in [2.24, 2.45) is 5.92 Å². The van der Waals surface area contributed by atoms with Gasteiger partial charge < -0.3 is 15.2 Å². The molecule has 0 spiro atoms. The molecule has 2 N–H and O–H groups in total. The van der Waals surface area contributed by atoms with Gasteiger partial charge in [0.25, 0.3) is 5.91 Å². The maximum absolute atomic E-state index is 12.5. The molecule has 25 heavy (non-hydrogen) atoms. The molecule has 1 fully saturated rings. The van der Waals surface area contributed by atoms with Crippen molar-refractivity contribution in [1.29, 1.82) is 0 Å². The van der Waals surface area contributed by atoms with E-state index in [1.165, 1.54) is 0 Å². The van der Waals surface area contributed by atoms with Crippen LogP contribution in [0.4, 0.5) is 0 Å². The van der Waals surface area contributed by atoms with Crippen LogP contribution in [0.15, 0.2) is 22.7 Å². The minimum absolute atomic E-state index is 0.0407. The summed E-state index contributed by atoms with van der Waals surface area (Å²) in [4.78, 5) is 24.1. The molecule has 1 aromatic heterocycles. The Kier molecular flexibility index (Phi) is 5.30. The van der Waals surface area contributed by atoms with Gasteiger partial charge in [0.1, 0.15) is 17.0 Å². The molecular formula is C17H17Cl2N3O3. The second-order valence-electron chi connectivity index (χ2n) is 5.88. The second-order valence-corrected chi connectivity index (χ2v) is 6.69. The van der Waals surface area contributed by atoms with E-state index in [0.29, 0.717) is 40.2 Å². The van der Waals surface area contributed by atoms with Crippen LogP contribution in [0.5, 0.6) is 0 Å². The van der Waals surface area contributed by atoms with Gasteiger partial charge >= 0.3 is 0 Å². The molecule has 0 bridgehead atoms. The van der Waals surface area contributed by atoms with Crippen LogP contribution < -0.4 is 10.6 Å². The molecule has 0 radical (unpaired) electrons. The van der Waals surface area contributed by atoms with Gasteiger partial charge in [-0.05, 0) is 31.9 Å². The van der Waals surface area contributed by atoms with Crippen molar-refractivity contribution in [2.45, 2.75) is 19.8 Å². The third-order valence-corrected chi connectivity index (χ3v) is 4.58. The highest BCUT2D eigenvalue weighted by molar-refractivity contribution is 6.39. The Hall–Kier alpha value is -2.05. The number of halogens is 2. The molecule has 8 heteroatoms. The molecule has 2 amide bonds. The van der Waals surface area contributed by atoms with Gasteiger partial charge in [0.05, 0.1) is 10.0 Å². The molecule has 1 heterocycles. The molecule has 6 nitrogen and oxygen atoms in total. The number of aryl methyl sites for hydroxylation is 1. The topological polar surface area (TPSA) is 84.2 Å². The van der Waals surface area contributed by atoms with E-state index in [0.717, 1.165) is 12.8 Å². The fourth-order valence-corrected chi connectivity index (χ4v) is 3.05. The van der Waals surface area contributed by atoms with Crippen LogP contribution in [0.3, 0.4) is 0 Å². The molecule has 132 valence electrons. The van der Waals surface area contributed by atoms with Crippen LogP contribution >= 0.6 is 23.2 Å². The number of nitrogens with one attached hydrogen (secondary N) is 2. The Labute approximate surface area is 154 Å². The zero-order valence-corrected chi connectivity index (χ0v) is 15.1. The molecule has 1 aliphatic rings. The summed E-state index contributed by atoms with van der Waals surface area (Å²) in [5, 5.41) is 10.2. The summed E-state index contributed by atoms with van der Waals surface area (Å²) in [6.45, 7) is 2.32. The number of aromatic nitrogens is 1. The van der Waals surface area contributed by atoms with Crippen molar-refractivity contribution in [3.05, 3.63) is 39.6 Å². The number of hydrogen-bond acceptors (Lipinski definition) is 4.